The Morgan fingerprint density at radius 3 is 2.21 bits per heavy atom. The van der Waals surface area contributed by atoms with Crippen molar-refractivity contribution in [3.63, 3.8) is 0 Å². The third-order valence-electron chi connectivity index (χ3n) is 6.73. The standard InChI is InChI=1S/C21H22ClF5N2O4/c1-9(2)20(18(32)33)12(6-7-28)29-13(8-23)19(3,17(30)31)16(20)14-11(24)5-4-10(22)15(14)21(25,26)27/h4-5,9,12-13,16,29H,6,8H2,1-3H3,(H,30,31)(H,32,33). The Morgan fingerprint density at radius 2 is 1.82 bits per heavy atom. The van der Waals surface area contributed by atoms with Gasteiger partial charge in [-0.05, 0) is 25.0 Å². The Kier molecular flexibility index (Phi) is 7.36. The molecule has 0 aliphatic carbocycles. The lowest BCUT2D eigenvalue weighted by atomic mass is 9.48. The van der Waals surface area contributed by atoms with Crippen LogP contribution in [0.25, 0.3) is 0 Å². The molecule has 3 N–H and O–H groups in total. The lowest BCUT2D eigenvalue weighted by Crippen LogP contribution is -2.72. The predicted octanol–water partition coefficient (Wildman–Crippen LogP) is 4.62. The van der Waals surface area contributed by atoms with Gasteiger partial charge in [-0.15, -0.1) is 0 Å². The van der Waals surface area contributed by atoms with E-state index in [0.717, 1.165) is 6.92 Å². The van der Waals surface area contributed by atoms with Crippen molar-refractivity contribution in [2.24, 2.45) is 16.7 Å². The smallest absolute Gasteiger partial charge is 0.418 e. The molecule has 6 nitrogen and oxygen atoms in total. The molecule has 1 aliphatic rings. The van der Waals surface area contributed by atoms with Crippen LogP contribution in [0.2, 0.25) is 5.02 Å². The van der Waals surface area contributed by atoms with Gasteiger partial charge in [-0.1, -0.05) is 25.4 Å². The van der Waals surface area contributed by atoms with Crippen molar-refractivity contribution in [3.05, 3.63) is 34.1 Å². The van der Waals surface area contributed by atoms with Crippen LogP contribution in [0.4, 0.5) is 22.0 Å². The van der Waals surface area contributed by atoms with Gasteiger partial charge in [0.1, 0.15) is 12.5 Å². The number of hydrogen-bond acceptors (Lipinski definition) is 4. The summed E-state index contributed by atoms with van der Waals surface area (Å²) in [5, 5.41) is 31.3. The fourth-order valence-corrected chi connectivity index (χ4v) is 5.45. The normalized spacial score (nSPS) is 30.2. The molecule has 1 saturated heterocycles. The summed E-state index contributed by atoms with van der Waals surface area (Å²) in [6.45, 7) is 2.06. The van der Waals surface area contributed by atoms with Gasteiger partial charge in [-0.2, -0.15) is 18.4 Å². The number of carboxylic acid groups (broad SMARTS) is 2. The molecule has 5 atom stereocenters. The fraction of sp³-hybridized carbons (Fsp3) is 0.571. The zero-order valence-electron chi connectivity index (χ0n) is 17.8. The molecule has 0 aromatic heterocycles. The zero-order chi connectivity index (χ0) is 25.5. The van der Waals surface area contributed by atoms with E-state index in [0.29, 0.717) is 12.1 Å². The van der Waals surface area contributed by atoms with Crippen LogP contribution >= 0.6 is 11.6 Å². The first-order valence-corrected chi connectivity index (χ1v) is 10.2. The molecule has 2 rings (SSSR count). The average Bonchev–Trinajstić information content (AvgIpc) is 2.68. The lowest BCUT2D eigenvalue weighted by Gasteiger charge is -2.58. The Labute approximate surface area is 191 Å². The molecule has 0 bridgehead atoms. The molecule has 1 aromatic rings. The van der Waals surface area contributed by atoms with Crippen molar-refractivity contribution in [1.29, 1.82) is 5.26 Å². The second kappa shape index (κ2) is 9.06. The number of carbonyl (C=O) groups is 2. The van der Waals surface area contributed by atoms with E-state index in [-0.39, 0.29) is 0 Å². The number of nitriles is 1. The number of nitrogens with zero attached hydrogens (tertiary/aromatic N) is 1. The van der Waals surface area contributed by atoms with Gasteiger partial charge < -0.3 is 15.5 Å². The van der Waals surface area contributed by atoms with E-state index in [2.05, 4.69) is 5.32 Å². The molecular weight excluding hydrogens is 475 g/mol. The van der Waals surface area contributed by atoms with Gasteiger partial charge in [-0.3, -0.25) is 9.59 Å². The maximum absolute atomic E-state index is 15.2. The molecule has 12 heteroatoms. The number of carboxylic acids is 2. The number of alkyl halides is 4. The number of piperidine rings is 1. The number of benzene rings is 1. The van der Waals surface area contributed by atoms with E-state index in [1.54, 1.807) is 6.07 Å². The molecule has 1 aliphatic heterocycles. The molecule has 5 unspecified atom stereocenters. The summed E-state index contributed by atoms with van der Waals surface area (Å²) in [7, 11) is 0. The fourth-order valence-electron chi connectivity index (χ4n) is 5.18. The van der Waals surface area contributed by atoms with Crippen LogP contribution in [0.15, 0.2) is 12.1 Å². The van der Waals surface area contributed by atoms with Crippen LogP contribution in [-0.2, 0) is 15.8 Å². The van der Waals surface area contributed by atoms with Crippen molar-refractivity contribution >= 4 is 23.5 Å². The van der Waals surface area contributed by atoms with Gasteiger partial charge in [0.05, 0.1) is 39.9 Å². The average molecular weight is 497 g/mol. The maximum atomic E-state index is 15.2. The first kappa shape index (κ1) is 26.8. The van der Waals surface area contributed by atoms with Crippen molar-refractivity contribution in [1.82, 2.24) is 5.32 Å². The Hall–Kier alpha value is -2.45. The number of halogens is 6. The number of nitrogens with one attached hydrogen (secondary N) is 1. The summed E-state index contributed by atoms with van der Waals surface area (Å²) in [5.41, 5.74) is -8.04. The summed E-state index contributed by atoms with van der Waals surface area (Å²) in [4.78, 5) is 25.3. The summed E-state index contributed by atoms with van der Waals surface area (Å²) in [6, 6.07) is -0.324. The number of rotatable bonds is 6. The Balaban J connectivity index is 3.21. The molecule has 0 spiro atoms. The Morgan fingerprint density at radius 1 is 1.24 bits per heavy atom. The third kappa shape index (κ3) is 3.93. The second-order valence-corrected chi connectivity index (χ2v) is 8.92. The van der Waals surface area contributed by atoms with Gasteiger partial charge >= 0.3 is 18.1 Å². The van der Waals surface area contributed by atoms with Crippen molar-refractivity contribution < 1.29 is 41.8 Å². The molecule has 0 radical (unpaired) electrons. The first-order chi connectivity index (χ1) is 15.1. The zero-order valence-corrected chi connectivity index (χ0v) is 18.6. The van der Waals surface area contributed by atoms with Crippen LogP contribution in [0, 0.1) is 33.9 Å². The van der Waals surface area contributed by atoms with Gasteiger partial charge in [0, 0.05) is 17.5 Å². The van der Waals surface area contributed by atoms with Crippen molar-refractivity contribution in [2.75, 3.05) is 6.67 Å². The number of aliphatic carboxylic acids is 2. The van der Waals surface area contributed by atoms with E-state index >= 15 is 4.39 Å². The van der Waals surface area contributed by atoms with Crippen molar-refractivity contribution in [2.45, 2.75) is 51.4 Å². The van der Waals surface area contributed by atoms with Gasteiger partial charge in [0.2, 0.25) is 0 Å². The first-order valence-electron chi connectivity index (χ1n) is 9.84. The highest BCUT2D eigenvalue weighted by molar-refractivity contribution is 6.31. The highest BCUT2D eigenvalue weighted by Crippen LogP contribution is 2.61. The van der Waals surface area contributed by atoms with E-state index in [9.17, 15) is 42.6 Å². The van der Waals surface area contributed by atoms with Crippen LogP contribution in [0.3, 0.4) is 0 Å². The Bertz CT molecular complexity index is 996. The van der Waals surface area contributed by atoms with Crippen LogP contribution in [0.1, 0.15) is 44.2 Å². The molecule has 1 fully saturated rings. The van der Waals surface area contributed by atoms with E-state index in [4.69, 9.17) is 11.6 Å². The highest BCUT2D eigenvalue weighted by atomic mass is 35.5. The minimum atomic E-state index is -5.30. The van der Waals surface area contributed by atoms with Crippen LogP contribution < -0.4 is 5.32 Å². The van der Waals surface area contributed by atoms with E-state index < -0.39 is 87.9 Å². The van der Waals surface area contributed by atoms with Crippen LogP contribution in [0.5, 0.6) is 0 Å². The van der Waals surface area contributed by atoms with Gasteiger partial charge in [0.25, 0.3) is 0 Å². The molecular formula is C21H22ClF5N2O4. The quantitative estimate of drug-likeness (QED) is 0.496. The molecule has 1 aromatic carbocycles. The van der Waals surface area contributed by atoms with Crippen molar-refractivity contribution in [3.8, 4) is 6.07 Å². The van der Waals surface area contributed by atoms with E-state index in [1.165, 1.54) is 13.8 Å². The van der Waals surface area contributed by atoms with E-state index in [1.807, 2.05) is 0 Å². The topological polar surface area (TPSA) is 110 Å². The summed E-state index contributed by atoms with van der Waals surface area (Å²) >= 11 is 5.77. The molecule has 1 heterocycles. The summed E-state index contributed by atoms with van der Waals surface area (Å²) < 4.78 is 71.6. The summed E-state index contributed by atoms with van der Waals surface area (Å²) in [6.07, 6.45) is -5.91. The minimum Gasteiger partial charge on any atom is -0.481 e. The molecule has 0 saturated carbocycles. The minimum absolute atomic E-state index is 0.577. The van der Waals surface area contributed by atoms with Crippen LogP contribution in [-0.4, -0.2) is 40.9 Å². The molecule has 182 valence electrons. The largest absolute Gasteiger partial charge is 0.481 e. The maximum Gasteiger partial charge on any atom is 0.418 e. The second-order valence-electron chi connectivity index (χ2n) is 8.52. The SMILES string of the molecule is CC(C)C1(C(=O)O)C(CC#N)NC(CF)C(C)(C(=O)O)C1c1c(F)ccc(Cl)c1C(F)(F)F. The lowest BCUT2D eigenvalue weighted by molar-refractivity contribution is -0.179. The van der Waals surface area contributed by atoms with Gasteiger partial charge in [0.15, 0.2) is 0 Å². The van der Waals surface area contributed by atoms with Gasteiger partial charge in [-0.25, -0.2) is 8.78 Å². The molecule has 0 amide bonds. The summed E-state index contributed by atoms with van der Waals surface area (Å²) in [5.74, 6) is -8.50. The molecule has 33 heavy (non-hydrogen) atoms. The predicted molar refractivity (Wildman–Crippen MR) is 107 cm³/mol. The third-order valence-corrected chi connectivity index (χ3v) is 7.05. The monoisotopic (exact) mass is 496 g/mol. The number of hydrogen-bond donors (Lipinski definition) is 3. The highest BCUT2D eigenvalue weighted by Gasteiger charge is 2.69.